The minimum Gasteiger partial charge on any atom is -0.382 e. The molecule has 1 atom stereocenters. The van der Waals surface area contributed by atoms with Gasteiger partial charge in [-0.25, -0.2) is 4.98 Å². The number of carbonyl (C=O) groups is 1. The summed E-state index contributed by atoms with van der Waals surface area (Å²) in [6.07, 6.45) is 1.57. The maximum absolute atomic E-state index is 12.6. The molecule has 0 radical (unpaired) electrons. The smallest absolute Gasteiger partial charge is 0.249 e. The molecule has 148 valence electrons. The topological polar surface area (TPSA) is 79.4 Å². The van der Waals surface area contributed by atoms with E-state index in [-0.39, 0.29) is 18.6 Å². The van der Waals surface area contributed by atoms with Gasteiger partial charge in [-0.05, 0) is 13.8 Å². The Bertz CT molecular complexity index is 525. The van der Waals surface area contributed by atoms with Crippen molar-refractivity contribution in [1.29, 1.82) is 0 Å². The fraction of sp³-hybridized carbons (Fsp3) is 0.765. The van der Waals surface area contributed by atoms with E-state index in [1.807, 2.05) is 19.2 Å². The van der Waals surface area contributed by atoms with Crippen molar-refractivity contribution in [1.82, 2.24) is 9.88 Å². The maximum atomic E-state index is 12.6. The van der Waals surface area contributed by atoms with Gasteiger partial charge in [0.2, 0.25) is 5.91 Å². The Kier molecular flexibility index (Phi) is 8.89. The zero-order valence-corrected chi connectivity index (χ0v) is 16.5. The summed E-state index contributed by atoms with van der Waals surface area (Å²) in [5, 5.41) is 2.77. The standard InChI is InChI=1S/C17H28N2O6S/c1-17(2)24-12-14(25-17)10-19(11-15-18-4-9-26-15)16(20)13-23-8-7-22-6-5-21-3/h4,9,14H,5-8,10-13H2,1-3H3/t14-/m1/s1. The maximum Gasteiger partial charge on any atom is 0.249 e. The lowest BCUT2D eigenvalue weighted by Crippen LogP contribution is -2.40. The number of rotatable bonds is 12. The molecule has 0 unspecified atom stereocenters. The predicted octanol–water partition coefficient (Wildman–Crippen LogP) is 1.30. The molecule has 1 aromatic heterocycles. The molecule has 9 heteroatoms. The van der Waals surface area contributed by atoms with E-state index in [1.165, 1.54) is 11.3 Å². The van der Waals surface area contributed by atoms with Gasteiger partial charge < -0.3 is 28.6 Å². The average molecular weight is 388 g/mol. The van der Waals surface area contributed by atoms with Gasteiger partial charge in [0.25, 0.3) is 0 Å². The molecule has 0 aromatic carbocycles. The van der Waals surface area contributed by atoms with Gasteiger partial charge >= 0.3 is 0 Å². The van der Waals surface area contributed by atoms with Crippen molar-refractivity contribution in [3.63, 3.8) is 0 Å². The van der Waals surface area contributed by atoms with Gasteiger partial charge in [-0.15, -0.1) is 11.3 Å². The third-order valence-corrected chi connectivity index (χ3v) is 4.45. The first kappa shape index (κ1) is 21.2. The number of amides is 1. The van der Waals surface area contributed by atoms with Crippen LogP contribution in [-0.4, -0.2) is 81.0 Å². The molecule has 8 nitrogen and oxygen atoms in total. The molecule has 1 aliphatic heterocycles. The van der Waals surface area contributed by atoms with E-state index < -0.39 is 5.79 Å². The molecule has 0 saturated carbocycles. The van der Waals surface area contributed by atoms with Crippen molar-refractivity contribution in [2.24, 2.45) is 0 Å². The van der Waals surface area contributed by atoms with Crippen LogP contribution >= 0.6 is 11.3 Å². The third-order valence-electron chi connectivity index (χ3n) is 3.68. The van der Waals surface area contributed by atoms with E-state index in [2.05, 4.69) is 4.98 Å². The summed E-state index contributed by atoms with van der Waals surface area (Å²) in [6, 6.07) is 0. The van der Waals surface area contributed by atoms with Crippen LogP contribution in [0, 0.1) is 0 Å². The van der Waals surface area contributed by atoms with E-state index in [0.717, 1.165) is 5.01 Å². The molecule has 0 aliphatic carbocycles. The van der Waals surface area contributed by atoms with Crippen molar-refractivity contribution < 1.29 is 28.5 Å². The molecule has 1 aliphatic rings. The fourth-order valence-electron chi connectivity index (χ4n) is 2.46. The zero-order valence-electron chi connectivity index (χ0n) is 15.6. The highest BCUT2D eigenvalue weighted by Crippen LogP contribution is 2.23. The number of methoxy groups -OCH3 is 1. The summed E-state index contributed by atoms with van der Waals surface area (Å²) in [6.45, 7) is 6.91. The molecule has 0 bridgehead atoms. The van der Waals surface area contributed by atoms with Crippen LogP contribution in [0.25, 0.3) is 0 Å². The lowest BCUT2D eigenvalue weighted by Gasteiger charge is -2.25. The largest absolute Gasteiger partial charge is 0.382 e. The van der Waals surface area contributed by atoms with Gasteiger partial charge in [0.1, 0.15) is 17.7 Å². The van der Waals surface area contributed by atoms with Gasteiger partial charge in [0.15, 0.2) is 5.79 Å². The van der Waals surface area contributed by atoms with E-state index in [1.54, 1.807) is 18.2 Å². The van der Waals surface area contributed by atoms with Gasteiger partial charge in [0, 0.05) is 25.2 Å². The number of hydrogen-bond acceptors (Lipinski definition) is 8. The SMILES string of the molecule is COCCOCCOCC(=O)N(Cc1nccs1)C[C@@H]1COC(C)(C)O1. The molecule has 0 spiro atoms. The first-order valence-electron chi connectivity index (χ1n) is 8.62. The Hall–Kier alpha value is -1.10. The quantitative estimate of drug-likeness (QED) is 0.499. The minimum absolute atomic E-state index is 0.00399. The van der Waals surface area contributed by atoms with Crippen LogP contribution in [0.5, 0.6) is 0 Å². The van der Waals surface area contributed by atoms with Crippen molar-refractivity contribution >= 4 is 17.2 Å². The second kappa shape index (κ2) is 10.9. The number of ether oxygens (including phenoxy) is 5. The van der Waals surface area contributed by atoms with E-state index in [9.17, 15) is 4.79 Å². The van der Waals surface area contributed by atoms with E-state index >= 15 is 0 Å². The Morgan fingerprint density at radius 3 is 2.77 bits per heavy atom. The van der Waals surface area contributed by atoms with Crippen molar-refractivity contribution in [3.8, 4) is 0 Å². The Balaban J connectivity index is 1.78. The number of carbonyl (C=O) groups excluding carboxylic acids is 1. The van der Waals surface area contributed by atoms with Crippen LogP contribution in [0.1, 0.15) is 18.9 Å². The summed E-state index contributed by atoms with van der Waals surface area (Å²) in [4.78, 5) is 18.5. The number of thiazole rings is 1. The number of hydrogen-bond donors (Lipinski definition) is 0. The summed E-state index contributed by atoms with van der Waals surface area (Å²) in [5.74, 6) is -0.721. The van der Waals surface area contributed by atoms with Crippen LogP contribution in [0.3, 0.4) is 0 Å². The lowest BCUT2D eigenvalue weighted by molar-refractivity contribution is -0.149. The number of aromatic nitrogens is 1. The van der Waals surface area contributed by atoms with E-state index in [0.29, 0.717) is 46.1 Å². The van der Waals surface area contributed by atoms with Gasteiger partial charge in [-0.1, -0.05) is 0 Å². The second-order valence-corrected chi connectivity index (χ2v) is 7.29. The average Bonchev–Trinajstić information content (AvgIpc) is 3.22. The molecule has 0 N–H and O–H groups in total. The summed E-state index contributed by atoms with van der Waals surface area (Å²) >= 11 is 1.52. The van der Waals surface area contributed by atoms with E-state index in [4.69, 9.17) is 23.7 Å². The van der Waals surface area contributed by atoms with Crippen LogP contribution in [0.15, 0.2) is 11.6 Å². The first-order chi connectivity index (χ1) is 12.5. The van der Waals surface area contributed by atoms with Crippen LogP contribution in [0.2, 0.25) is 0 Å². The van der Waals surface area contributed by atoms with Crippen LogP contribution in [-0.2, 0) is 35.0 Å². The summed E-state index contributed by atoms with van der Waals surface area (Å²) in [5.41, 5.74) is 0. The fourth-order valence-corrected chi connectivity index (χ4v) is 3.09. The van der Waals surface area contributed by atoms with Crippen molar-refractivity contribution in [2.45, 2.75) is 32.3 Å². The van der Waals surface area contributed by atoms with Gasteiger partial charge in [-0.3, -0.25) is 4.79 Å². The highest BCUT2D eigenvalue weighted by atomic mass is 32.1. The first-order valence-corrected chi connectivity index (χ1v) is 9.50. The van der Waals surface area contributed by atoms with Crippen molar-refractivity contribution in [3.05, 3.63) is 16.6 Å². The van der Waals surface area contributed by atoms with Crippen LogP contribution in [0.4, 0.5) is 0 Å². The van der Waals surface area contributed by atoms with Gasteiger partial charge in [-0.2, -0.15) is 0 Å². The molecule has 1 saturated heterocycles. The highest BCUT2D eigenvalue weighted by Gasteiger charge is 2.34. The molecule has 2 rings (SSSR count). The molecule has 1 fully saturated rings. The molecule has 26 heavy (non-hydrogen) atoms. The Morgan fingerprint density at radius 1 is 1.35 bits per heavy atom. The zero-order chi connectivity index (χ0) is 18.8. The molecular weight excluding hydrogens is 360 g/mol. The molecular formula is C17H28N2O6S. The Morgan fingerprint density at radius 2 is 2.12 bits per heavy atom. The molecule has 1 amide bonds. The van der Waals surface area contributed by atoms with Crippen molar-refractivity contribution in [2.75, 3.05) is 53.3 Å². The minimum atomic E-state index is -0.614. The van der Waals surface area contributed by atoms with Gasteiger partial charge in [0.05, 0.1) is 39.6 Å². The third kappa shape index (κ3) is 7.65. The summed E-state index contributed by atoms with van der Waals surface area (Å²) < 4.78 is 27.0. The molecule has 2 heterocycles. The predicted molar refractivity (Wildman–Crippen MR) is 95.9 cm³/mol. The number of nitrogens with zero attached hydrogens (tertiary/aromatic N) is 2. The Labute approximate surface area is 158 Å². The van der Waals surface area contributed by atoms with Crippen LogP contribution < -0.4 is 0 Å². The molecule has 1 aromatic rings. The summed E-state index contributed by atoms with van der Waals surface area (Å²) in [7, 11) is 1.62. The lowest BCUT2D eigenvalue weighted by atomic mass is 10.3. The highest BCUT2D eigenvalue weighted by molar-refractivity contribution is 7.09. The second-order valence-electron chi connectivity index (χ2n) is 6.31. The normalized spacial score (nSPS) is 19.0. The monoisotopic (exact) mass is 388 g/mol.